The fourth-order valence-electron chi connectivity index (χ4n) is 2.08. The largest absolute Gasteiger partial charge is 0.249 e. The third-order valence-electron chi connectivity index (χ3n) is 2.96. The van der Waals surface area contributed by atoms with Crippen LogP contribution < -0.4 is 0 Å². The van der Waals surface area contributed by atoms with Crippen molar-refractivity contribution >= 4 is 0 Å². The van der Waals surface area contributed by atoms with E-state index in [0.29, 0.717) is 0 Å². The fraction of sp³-hybridized carbons (Fsp3) is 0.500. The maximum Gasteiger partial charge on any atom is 0.249 e. The van der Waals surface area contributed by atoms with Gasteiger partial charge in [-0.3, -0.25) is 0 Å². The molecule has 0 N–H and O–H groups in total. The first-order valence-electron chi connectivity index (χ1n) is 4.93. The molecule has 1 aromatic rings. The van der Waals surface area contributed by atoms with Gasteiger partial charge in [0.05, 0.1) is 0 Å². The number of hydrogen-bond donors (Lipinski definition) is 0. The molecule has 1 aromatic carbocycles. The van der Waals surface area contributed by atoms with E-state index in [1.807, 2.05) is 32.0 Å². The lowest BCUT2D eigenvalue weighted by molar-refractivity contribution is -0.0868. The van der Waals surface area contributed by atoms with Gasteiger partial charge in [0.15, 0.2) is 0 Å². The van der Waals surface area contributed by atoms with Crippen molar-refractivity contribution in [2.75, 3.05) is 0 Å². The lowest BCUT2D eigenvalue weighted by atomic mass is 9.75. The van der Waals surface area contributed by atoms with Gasteiger partial charge in [0.1, 0.15) is 0 Å². The summed E-state index contributed by atoms with van der Waals surface area (Å²) >= 11 is 0. The van der Waals surface area contributed by atoms with Crippen LogP contribution in [0.4, 0.5) is 8.78 Å². The Hall–Kier alpha value is -0.920. The number of halogens is 2. The molecule has 0 atom stereocenters. The standard InChI is InChI=1S/C12H14F2/c1-8-3-4-9(2)11(5-8)10-6-12(13,14)7-10/h3-5,10H,6-7H2,1-2H3. The minimum atomic E-state index is -2.42. The van der Waals surface area contributed by atoms with Crippen molar-refractivity contribution in [3.8, 4) is 0 Å². The first-order chi connectivity index (χ1) is 6.48. The maximum atomic E-state index is 12.7. The summed E-state index contributed by atoms with van der Waals surface area (Å²) in [6.07, 6.45) is 0.0502. The van der Waals surface area contributed by atoms with Crippen molar-refractivity contribution in [3.63, 3.8) is 0 Å². The van der Waals surface area contributed by atoms with Crippen LogP contribution in [0.2, 0.25) is 0 Å². The van der Waals surface area contributed by atoms with E-state index in [1.54, 1.807) is 0 Å². The van der Waals surface area contributed by atoms with Gasteiger partial charge >= 0.3 is 0 Å². The highest BCUT2D eigenvalue weighted by molar-refractivity contribution is 5.35. The normalized spacial score (nSPS) is 20.6. The lowest BCUT2D eigenvalue weighted by Gasteiger charge is -2.36. The topological polar surface area (TPSA) is 0 Å². The highest BCUT2D eigenvalue weighted by Gasteiger charge is 2.46. The zero-order chi connectivity index (χ0) is 10.3. The van der Waals surface area contributed by atoms with E-state index in [9.17, 15) is 8.78 Å². The molecule has 0 unspecified atom stereocenters. The van der Waals surface area contributed by atoms with Gasteiger partial charge in [0, 0.05) is 12.8 Å². The summed E-state index contributed by atoms with van der Waals surface area (Å²) in [5.41, 5.74) is 3.40. The van der Waals surface area contributed by atoms with Gasteiger partial charge < -0.3 is 0 Å². The molecule has 1 saturated carbocycles. The third-order valence-corrected chi connectivity index (χ3v) is 2.96. The molecule has 0 aromatic heterocycles. The minimum Gasteiger partial charge on any atom is -0.207 e. The van der Waals surface area contributed by atoms with Crippen molar-refractivity contribution < 1.29 is 8.78 Å². The lowest BCUT2D eigenvalue weighted by Crippen LogP contribution is -2.34. The molecule has 1 aliphatic rings. The first kappa shape index (κ1) is 9.63. The van der Waals surface area contributed by atoms with Gasteiger partial charge in [-0.1, -0.05) is 23.8 Å². The molecule has 14 heavy (non-hydrogen) atoms. The Bertz CT molecular complexity index is 347. The third kappa shape index (κ3) is 1.66. The molecule has 0 saturated heterocycles. The average Bonchev–Trinajstić information content (AvgIpc) is 2.05. The molecule has 1 aliphatic carbocycles. The average molecular weight is 196 g/mol. The Morgan fingerprint density at radius 2 is 1.86 bits per heavy atom. The monoisotopic (exact) mass is 196 g/mol. The van der Waals surface area contributed by atoms with E-state index in [0.717, 1.165) is 16.7 Å². The van der Waals surface area contributed by atoms with Crippen molar-refractivity contribution in [1.82, 2.24) is 0 Å². The number of alkyl halides is 2. The van der Waals surface area contributed by atoms with Crippen LogP contribution in [0.1, 0.15) is 35.4 Å². The zero-order valence-electron chi connectivity index (χ0n) is 8.48. The first-order valence-corrected chi connectivity index (χ1v) is 4.93. The Morgan fingerprint density at radius 1 is 1.21 bits per heavy atom. The molecule has 0 nitrogen and oxygen atoms in total. The molecule has 0 bridgehead atoms. The summed E-state index contributed by atoms with van der Waals surface area (Å²) in [6, 6.07) is 6.08. The van der Waals surface area contributed by atoms with Crippen molar-refractivity contribution in [2.24, 2.45) is 0 Å². The Balaban J connectivity index is 2.22. The van der Waals surface area contributed by atoms with Crippen molar-refractivity contribution in [1.29, 1.82) is 0 Å². The van der Waals surface area contributed by atoms with E-state index in [4.69, 9.17) is 0 Å². The maximum absolute atomic E-state index is 12.7. The molecule has 2 rings (SSSR count). The van der Waals surface area contributed by atoms with Gasteiger partial charge in [-0.25, -0.2) is 8.78 Å². The predicted octanol–water partition coefficient (Wildman–Crippen LogP) is 3.82. The van der Waals surface area contributed by atoms with E-state index < -0.39 is 5.92 Å². The summed E-state index contributed by atoms with van der Waals surface area (Å²) in [5.74, 6) is -2.34. The Morgan fingerprint density at radius 3 is 2.43 bits per heavy atom. The highest BCUT2D eigenvalue weighted by Crippen LogP contribution is 2.49. The number of benzene rings is 1. The van der Waals surface area contributed by atoms with Crippen LogP contribution in [0.5, 0.6) is 0 Å². The van der Waals surface area contributed by atoms with Crippen LogP contribution >= 0.6 is 0 Å². The van der Waals surface area contributed by atoms with Crippen LogP contribution in [0.3, 0.4) is 0 Å². The van der Waals surface area contributed by atoms with Gasteiger partial charge in [-0.15, -0.1) is 0 Å². The molecule has 0 amide bonds. The van der Waals surface area contributed by atoms with Gasteiger partial charge in [-0.05, 0) is 30.9 Å². The van der Waals surface area contributed by atoms with Crippen LogP contribution in [-0.4, -0.2) is 5.92 Å². The van der Waals surface area contributed by atoms with E-state index in [2.05, 4.69) is 0 Å². The molecule has 1 fully saturated rings. The number of aryl methyl sites for hydroxylation is 2. The SMILES string of the molecule is Cc1ccc(C)c(C2CC(F)(F)C2)c1. The van der Waals surface area contributed by atoms with Crippen LogP contribution in [0, 0.1) is 13.8 Å². The molecule has 0 spiro atoms. The van der Waals surface area contributed by atoms with Crippen LogP contribution in [-0.2, 0) is 0 Å². The summed E-state index contributed by atoms with van der Waals surface area (Å²) in [5, 5.41) is 0. The quantitative estimate of drug-likeness (QED) is 0.640. The van der Waals surface area contributed by atoms with Crippen molar-refractivity contribution in [3.05, 3.63) is 34.9 Å². The number of hydrogen-bond acceptors (Lipinski definition) is 0. The van der Waals surface area contributed by atoms with Gasteiger partial charge in [0.25, 0.3) is 0 Å². The van der Waals surface area contributed by atoms with Crippen LogP contribution in [0.25, 0.3) is 0 Å². The second kappa shape index (κ2) is 3.04. The fourth-order valence-corrected chi connectivity index (χ4v) is 2.08. The van der Waals surface area contributed by atoms with Crippen LogP contribution in [0.15, 0.2) is 18.2 Å². The van der Waals surface area contributed by atoms with E-state index in [-0.39, 0.29) is 18.8 Å². The summed E-state index contributed by atoms with van der Waals surface area (Å²) < 4.78 is 25.4. The highest BCUT2D eigenvalue weighted by atomic mass is 19.3. The Kier molecular flexibility index (Phi) is 2.09. The molecular formula is C12H14F2. The van der Waals surface area contributed by atoms with Gasteiger partial charge in [-0.2, -0.15) is 0 Å². The molecule has 2 heteroatoms. The Labute approximate surface area is 82.9 Å². The molecule has 0 radical (unpaired) electrons. The smallest absolute Gasteiger partial charge is 0.207 e. The predicted molar refractivity (Wildman–Crippen MR) is 52.8 cm³/mol. The zero-order valence-corrected chi connectivity index (χ0v) is 8.48. The van der Waals surface area contributed by atoms with Crippen molar-refractivity contribution in [2.45, 2.75) is 38.5 Å². The summed E-state index contributed by atoms with van der Waals surface area (Å²) in [4.78, 5) is 0. The molecule has 0 heterocycles. The van der Waals surface area contributed by atoms with E-state index in [1.165, 1.54) is 0 Å². The van der Waals surface area contributed by atoms with Gasteiger partial charge in [0.2, 0.25) is 5.92 Å². The minimum absolute atomic E-state index is 0.0251. The summed E-state index contributed by atoms with van der Waals surface area (Å²) in [6.45, 7) is 3.99. The summed E-state index contributed by atoms with van der Waals surface area (Å²) in [7, 11) is 0. The van der Waals surface area contributed by atoms with E-state index >= 15 is 0 Å². The molecule has 76 valence electrons. The molecule has 0 aliphatic heterocycles. The molecular weight excluding hydrogens is 182 g/mol. The second-order valence-electron chi connectivity index (χ2n) is 4.32. The number of rotatable bonds is 1. The second-order valence-corrected chi connectivity index (χ2v) is 4.32.